The molecule has 0 bridgehead atoms. The molecule has 0 aromatic heterocycles. The van der Waals surface area contributed by atoms with Crippen molar-refractivity contribution in [2.24, 2.45) is 11.7 Å². The molecule has 1 amide bonds. The maximum absolute atomic E-state index is 12.2. The number of ether oxygens (including phenoxy) is 1. The summed E-state index contributed by atoms with van der Waals surface area (Å²) in [5.41, 5.74) is 5.92. The first-order chi connectivity index (χ1) is 10.7. The molecule has 1 rings (SSSR count). The second kappa shape index (κ2) is 9.44. The number of halogens is 3. The summed E-state index contributed by atoms with van der Waals surface area (Å²) in [6, 6.07) is -0.447. The lowest BCUT2D eigenvalue weighted by Gasteiger charge is -2.36. The highest BCUT2D eigenvalue weighted by atomic mass is 19.4. The number of nitrogens with two attached hydrogens (primary N) is 1. The Hall–Kier alpha value is -0.860. The molecule has 0 spiro atoms. The summed E-state index contributed by atoms with van der Waals surface area (Å²) < 4.78 is 40.3. The van der Waals surface area contributed by atoms with Gasteiger partial charge >= 0.3 is 6.18 Å². The molecule has 1 saturated heterocycles. The van der Waals surface area contributed by atoms with Crippen LogP contribution in [-0.4, -0.2) is 73.9 Å². The van der Waals surface area contributed by atoms with Crippen molar-refractivity contribution in [2.45, 2.75) is 38.9 Å². The van der Waals surface area contributed by atoms with Crippen molar-refractivity contribution >= 4 is 5.91 Å². The van der Waals surface area contributed by atoms with E-state index in [1.807, 2.05) is 13.8 Å². The van der Waals surface area contributed by atoms with E-state index in [0.717, 1.165) is 13.1 Å². The largest absolute Gasteiger partial charge is 0.411 e. The van der Waals surface area contributed by atoms with Gasteiger partial charge in [-0.2, -0.15) is 13.2 Å². The van der Waals surface area contributed by atoms with Crippen LogP contribution >= 0.6 is 0 Å². The van der Waals surface area contributed by atoms with Gasteiger partial charge in [0.2, 0.25) is 5.91 Å². The van der Waals surface area contributed by atoms with Crippen molar-refractivity contribution in [3.63, 3.8) is 0 Å². The Kier molecular flexibility index (Phi) is 8.28. The molecule has 0 saturated carbocycles. The molecule has 8 heteroatoms. The van der Waals surface area contributed by atoms with Gasteiger partial charge in [-0.15, -0.1) is 0 Å². The van der Waals surface area contributed by atoms with Crippen molar-refractivity contribution in [3.05, 3.63) is 0 Å². The van der Waals surface area contributed by atoms with Gasteiger partial charge in [0.25, 0.3) is 0 Å². The maximum Gasteiger partial charge on any atom is 0.411 e. The molecule has 1 heterocycles. The SMILES string of the molecule is CC(C)C[C@H](N)C(=O)N1CCN(CCCOCC(F)(F)F)CC1. The highest BCUT2D eigenvalue weighted by Gasteiger charge is 2.27. The first kappa shape index (κ1) is 20.2. The molecule has 1 atom stereocenters. The fourth-order valence-corrected chi connectivity index (χ4v) is 2.61. The summed E-state index contributed by atoms with van der Waals surface area (Å²) >= 11 is 0. The summed E-state index contributed by atoms with van der Waals surface area (Å²) in [5, 5.41) is 0. The highest BCUT2D eigenvalue weighted by Crippen LogP contribution is 2.14. The Bertz CT molecular complexity index is 356. The predicted octanol–water partition coefficient (Wildman–Crippen LogP) is 1.47. The van der Waals surface area contributed by atoms with E-state index in [9.17, 15) is 18.0 Å². The van der Waals surface area contributed by atoms with Crippen LogP contribution in [0.5, 0.6) is 0 Å². The van der Waals surface area contributed by atoms with E-state index in [1.165, 1.54) is 0 Å². The van der Waals surface area contributed by atoms with Gasteiger partial charge in [-0.25, -0.2) is 0 Å². The van der Waals surface area contributed by atoms with Crippen molar-refractivity contribution in [1.29, 1.82) is 0 Å². The Morgan fingerprint density at radius 1 is 1.22 bits per heavy atom. The summed E-state index contributed by atoms with van der Waals surface area (Å²) in [7, 11) is 0. The van der Waals surface area contributed by atoms with Crippen LogP contribution < -0.4 is 5.73 Å². The van der Waals surface area contributed by atoms with Gasteiger partial charge in [-0.1, -0.05) is 13.8 Å². The summed E-state index contributed by atoms with van der Waals surface area (Å²) in [6.45, 7) is 6.33. The van der Waals surface area contributed by atoms with Crippen LogP contribution in [0.25, 0.3) is 0 Å². The molecule has 5 nitrogen and oxygen atoms in total. The highest BCUT2D eigenvalue weighted by molar-refractivity contribution is 5.81. The molecule has 1 aliphatic rings. The number of nitrogens with zero attached hydrogens (tertiary/aromatic N) is 2. The lowest BCUT2D eigenvalue weighted by Crippen LogP contribution is -2.53. The first-order valence-electron chi connectivity index (χ1n) is 8.10. The molecule has 1 fully saturated rings. The number of rotatable bonds is 8. The van der Waals surface area contributed by atoms with Crippen LogP contribution in [0.4, 0.5) is 13.2 Å². The fraction of sp³-hybridized carbons (Fsp3) is 0.933. The van der Waals surface area contributed by atoms with Crippen LogP contribution in [0.15, 0.2) is 0 Å². The Labute approximate surface area is 135 Å². The lowest BCUT2D eigenvalue weighted by molar-refractivity contribution is -0.174. The van der Waals surface area contributed by atoms with Crippen LogP contribution in [0.2, 0.25) is 0 Å². The van der Waals surface area contributed by atoms with Gasteiger partial charge in [0.1, 0.15) is 6.61 Å². The van der Waals surface area contributed by atoms with Gasteiger partial charge in [0, 0.05) is 39.3 Å². The van der Waals surface area contributed by atoms with E-state index in [0.29, 0.717) is 38.4 Å². The Morgan fingerprint density at radius 3 is 2.35 bits per heavy atom. The smallest absolute Gasteiger partial charge is 0.372 e. The number of hydrogen-bond acceptors (Lipinski definition) is 4. The zero-order chi connectivity index (χ0) is 17.5. The van der Waals surface area contributed by atoms with Gasteiger partial charge in [-0.3, -0.25) is 9.69 Å². The van der Waals surface area contributed by atoms with Crippen LogP contribution in [0, 0.1) is 5.92 Å². The number of carbonyl (C=O) groups is 1. The average Bonchev–Trinajstić information content (AvgIpc) is 2.45. The van der Waals surface area contributed by atoms with Crippen molar-refractivity contribution in [1.82, 2.24) is 9.80 Å². The molecule has 0 aromatic carbocycles. The van der Waals surface area contributed by atoms with Gasteiger partial charge in [0.05, 0.1) is 6.04 Å². The third kappa shape index (κ3) is 8.53. The van der Waals surface area contributed by atoms with E-state index in [-0.39, 0.29) is 12.5 Å². The molecule has 136 valence electrons. The standard InChI is InChI=1S/C15H28F3N3O2/c1-12(2)10-13(19)14(22)21-7-5-20(6-8-21)4-3-9-23-11-15(16,17)18/h12-13H,3-11,19H2,1-2H3/t13-/m0/s1. The molecule has 23 heavy (non-hydrogen) atoms. The maximum atomic E-state index is 12.2. The van der Waals surface area contributed by atoms with E-state index >= 15 is 0 Å². The molecule has 1 aliphatic heterocycles. The summed E-state index contributed by atoms with van der Waals surface area (Å²) in [4.78, 5) is 16.1. The fourth-order valence-electron chi connectivity index (χ4n) is 2.61. The Balaban J connectivity index is 2.16. The predicted molar refractivity (Wildman–Crippen MR) is 81.9 cm³/mol. The van der Waals surface area contributed by atoms with Gasteiger partial charge in [0.15, 0.2) is 0 Å². The summed E-state index contributed by atoms with van der Waals surface area (Å²) in [6.07, 6.45) is -3.03. The molecule has 0 aromatic rings. The molecule has 2 N–H and O–H groups in total. The van der Waals surface area contributed by atoms with Crippen molar-refractivity contribution in [2.75, 3.05) is 45.9 Å². The lowest BCUT2D eigenvalue weighted by atomic mass is 10.0. The van der Waals surface area contributed by atoms with E-state index in [4.69, 9.17) is 5.73 Å². The normalized spacial score (nSPS) is 18.5. The minimum Gasteiger partial charge on any atom is -0.372 e. The third-order valence-electron chi connectivity index (χ3n) is 3.76. The first-order valence-corrected chi connectivity index (χ1v) is 8.10. The number of hydrogen-bond donors (Lipinski definition) is 1. The molecule has 0 aliphatic carbocycles. The number of alkyl halides is 3. The van der Waals surface area contributed by atoms with Crippen molar-refractivity contribution < 1.29 is 22.7 Å². The van der Waals surface area contributed by atoms with Crippen LogP contribution in [0.1, 0.15) is 26.7 Å². The zero-order valence-electron chi connectivity index (χ0n) is 13.9. The molecule has 0 unspecified atom stereocenters. The number of amides is 1. The van der Waals surface area contributed by atoms with Crippen LogP contribution in [0.3, 0.4) is 0 Å². The number of carbonyl (C=O) groups excluding carboxylic acids is 1. The molecule has 0 radical (unpaired) electrons. The van der Waals surface area contributed by atoms with Gasteiger partial charge in [-0.05, 0) is 18.8 Å². The van der Waals surface area contributed by atoms with E-state index < -0.39 is 18.8 Å². The van der Waals surface area contributed by atoms with E-state index in [2.05, 4.69) is 9.64 Å². The summed E-state index contributed by atoms with van der Waals surface area (Å²) in [5.74, 6) is 0.374. The van der Waals surface area contributed by atoms with Crippen molar-refractivity contribution in [3.8, 4) is 0 Å². The monoisotopic (exact) mass is 339 g/mol. The topological polar surface area (TPSA) is 58.8 Å². The second-order valence-corrected chi connectivity index (χ2v) is 6.42. The molecular formula is C15H28F3N3O2. The zero-order valence-corrected chi connectivity index (χ0v) is 13.9. The van der Waals surface area contributed by atoms with E-state index in [1.54, 1.807) is 4.90 Å². The second-order valence-electron chi connectivity index (χ2n) is 6.42. The van der Waals surface area contributed by atoms with Gasteiger partial charge < -0.3 is 15.4 Å². The minimum atomic E-state index is -4.26. The van der Waals surface area contributed by atoms with Crippen LogP contribution in [-0.2, 0) is 9.53 Å². The average molecular weight is 339 g/mol. The quantitative estimate of drug-likeness (QED) is 0.681. The third-order valence-corrected chi connectivity index (χ3v) is 3.76. The Morgan fingerprint density at radius 2 is 1.83 bits per heavy atom. The molecular weight excluding hydrogens is 311 g/mol. The minimum absolute atomic E-state index is 0.00754. The number of piperazine rings is 1.